The summed E-state index contributed by atoms with van der Waals surface area (Å²) in [5.41, 5.74) is 1.63. The first-order valence-electron chi connectivity index (χ1n) is 8.38. The first-order chi connectivity index (χ1) is 11.3. The summed E-state index contributed by atoms with van der Waals surface area (Å²) in [6.45, 7) is 4.71. The van der Waals surface area contributed by atoms with Crippen LogP contribution in [0, 0.1) is 12.8 Å². The Labute approximate surface area is 149 Å². The van der Waals surface area contributed by atoms with E-state index in [1.807, 2.05) is 26.0 Å². The van der Waals surface area contributed by atoms with Crippen LogP contribution in [0.15, 0.2) is 18.2 Å². The van der Waals surface area contributed by atoms with Gasteiger partial charge < -0.3 is 5.32 Å². The van der Waals surface area contributed by atoms with E-state index in [0.29, 0.717) is 43.1 Å². The van der Waals surface area contributed by atoms with Crippen molar-refractivity contribution >= 4 is 33.2 Å². The molecule has 0 radical (unpaired) electrons. The zero-order valence-corrected chi connectivity index (χ0v) is 15.8. The number of nitrogens with one attached hydrogen (secondary N) is 1. The molecule has 2 rings (SSSR count). The van der Waals surface area contributed by atoms with Crippen LogP contribution in [-0.4, -0.2) is 37.5 Å². The second kappa shape index (κ2) is 8.32. The van der Waals surface area contributed by atoms with Gasteiger partial charge in [-0.25, -0.2) is 12.7 Å². The molecule has 1 aromatic carbocycles. The standard InChI is InChI=1S/C17H25ClN2O3S/c1-3-4-11-24(22,23)20-9-7-14(8-10-20)17(21)19-15-6-5-13(2)16(18)12-15/h5-6,12,14H,3-4,7-11H2,1-2H3,(H,19,21). The number of halogens is 1. The Kier molecular flexibility index (Phi) is 6.66. The number of amides is 1. The van der Waals surface area contributed by atoms with Gasteiger partial charge in [0.25, 0.3) is 0 Å². The molecule has 0 spiro atoms. The van der Waals surface area contributed by atoms with Gasteiger partial charge in [0, 0.05) is 29.7 Å². The van der Waals surface area contributed by atoms with Gasteiger partial charge in [-0.1, -0.05) is 31.0 Å². The van der Waals surface area contributed by atoms with Crippen LogP contribution in [0.1, 0.15) is 38.2 Å². The molecule has 1 N–H and O–H groups in total. The van der Waals surface area contributed by atoms with Crippen molar-refractivity contribution in [2.45, 2.75) is 39.5 Å². The average Bonchev–Trinajstić information content (AvgIpc) is 2.56. The van der Waals surface area contributed by atoms with Crippen molar-refractivity contribution in [3.05, 3.63) is 28.8 Å². The van der Waals surface area contributed by atoms with E-state index in [1.54, 1.807) is 6.07 Å². The molecule has 0 aliphatic carbocycles. The van der Waals surface area contributed by atoms with Crippen molar-refractivity contribution < 1.29 is 13.2 Å². The summed E-state index contributed by atoms with van der Waals surface area (Å²) < 4.78 is 25.9. The molecule has 0 bridgehead atoms. The number of nitrogens with zero attached hydrogens (tertiary/aromatic N) is 1. The Hall–Kier alpha value is -1.11. The van der Waals surface area contributed by atoms with Crippen LogP contribution in [0.5, 0.6) is 0 Å². The Balaban J connectivity index is 1.89. The molecule has 1 aliphatic heterocycles. The first kappa shape index (κ1) is 19.2. The number of carbonyl (C=O) groups excluding carboxylic acids is 1. The molecular weight excluding hydrogens is 348 g/mol. The van der Waals surface area contributed by atoms with E-state index < -0.39 is 10.0 Å². The maximum atomic E-state index is 12.4. The second-order valence-electron chi connectivity index (χ2n) is 6.30. The van der Waals surface area contributed by atoms with Gasteiger partial charge >= 0.3 is 0 Å². The smallest absolute Gasteiger partial charge is 0.227 e. The molecular formula is C17H25ClN2O3S. The molecule has 134 valence electrons. The van der Waals surface area contributed by atoms with Crippen LogP contribution >= 0.6 is 11.6 Å². The summed E-state index contributed by atoms with van der Waals surface area (Å²) in [4.78, 5) is 12.4. The van der Waals surface area contributed by atoms with Gasteiger partial charge in [0.1, 0.15) is 0 Å². The molecule has 1 heterocycles. The highest BCUT2D eigenvalue weighted by Gasteiger charge is 2.30. The van der Waals surface area contributed by atoms with E-state index in [0.717, 1.165) is 12.0 Å². The van der Waals surface area contributed by atoms with E-state index in [4.69, 9.17) is 11.6 Å². The van der Waals surface area contributed by atoms with Crippen LogP contribution in [0.3, 0.4) is 0 Å². The molecule has 1 aliphatic rings. The molecule has 0 atom stereocenters. The van der Waals surface area contributed by atoms with E-state index in [2.05, 4.69) is 5.32 Å². The van der Waals surface area contributed by atoms with Crippen molar-refractivity contribution in [2.75, 3.05) is 24.2 Å². The van der Waals surface area contributed by atoms with Crippen molar-refractivity contribution in [1.29, 1.82) is 0 Å². The number of sulfonamides is 1. The SMILES string of the molecule is CCCCS(=O)(=O)N1CCC(C(=O)Nc2ccc(C)c(Cl)c2)CC1. The molecule has 24 heavy (non-hydrogen) atoms. The number of benzene rings is 1. The quantitative estimate of drug-likeness (QED) is 0.831. The lowest BCUT2D eigenvalue weighted by Gasteiger charge is -2.30. The zero-order chi connectivity index (χ0) is 17.7. The average molecular weight is 373 g/mol. The van der Waals surface area contributed by atoms with Gasteiger partial charge in [-0.3, -0.25) is 4.79 Å². The van der Waals surface area contributed by atoms with Crippen molar-refractivity contribution in [3.63, 3.8) is 0 Å². The number of piperidine rings is 1. The second-order valence-corrected chi connectivity index (χ2v) is 8.79. The number of aryl methyl sites for hydroxylation is 1. The maximum Gasteiger partial charge on any atom is 0.227 e. The van der Waals surface area contributed by atoms with Gasteiger partial charge in [0.05, 0.1) is 5.75 Å². The first-order valence-corrected chi connectivity index (χ1v) is 10.4. The van der Waals surface area contributed by atoms with Gasteiger partial charge in [0.2, 0.25) is 15.9 Å². The van der Waals surface area contributed by atoms with E-state index in [-0.39, 0.29) is 17.6 Å². The normalized spacial score (nSPS) is 17.0. The molecule has 1 amide bonds. The largest absolute Gasteiger partial charge is 0.326 e. The van der Waals surface area contributed by atoms with Crippen LogP contribution in [0.2, 0.25) is 5.02 Å². The zero-order valence-electron chi connectivity index (χ0n) is 14.2. The predicted octanol–water partition coefficient (Wildman–Crippen LogP) is 3.43. The molecule has 0 aromatic heterocycles. The van der Waals surface area contributed by atoms with Gasteiger partial charge in [-0.05, 0) is 43.9 Å². The van der Waals surface area contributed by atoms with E-state index in [9.17, 15) is 13.2 Å². The lowest BCUT2D eigenvalue weighted by atomic mass is 9.97. The van der Waals surface area contributed by atoms with Crippen LogP contribution in [0.25, 0.3) is 0 Å². The fraction of sp³-hybridized carbons (Fsp3) is 0.588. The molecule has 0 saturated carbocycles. The van der Waals surface area contributed by atoms with E-state index >= 15 is 0 Å². The van der Waals surface area contributed by atoms with Crippen molar-refractivity contribution in [3.8, 4) is 0 Å². The Morgan fingerprint density at radius 1 is 1.33 bits per heavy atom. The molecule has 1 fully saturated rings. The fourth-order valence-electron chi connectivity index (χ4n) is 2.77. The number of hydrogen-bond donors (Lipinski definition) is 1. The molecule has 5 nitrogen and oxygen atoms in total. The molecule has 1 aromatic rings. The number of hydrogen-bond acceptors (Lipinski definition) is 3. The van der Waals surface area contributed by atoms with Crippen LogP contribution in [-0.2, 0) is 14.8 Å². The summed E-state index contributed by atoms with van der Waals surface area (Å²) in [5.74, 6) is -0.0365. The lowest BCUT2D eigenvalue weighted by molar-refractivity contribution is -0.120. The highest BCUT2D eigenvalue weighted by Crippen LogP contribution is 2.24. The number of rotatable bonds is 6. The number of carbonyl (C=O) groups is 1. The third-order valence-corrected chi connectivity index (χ3v) is 6.78. The maximum absolute atomic E-state index is 12.4. The molecule has 7 heteroatoms. The topological polar surface area (TPSA) is 66.5 Å². The Morgan fingerprint density at radius 3 is 2.58 bits per heavy atom. The molecule has 0 unspecified atom stereocenters. The summed E-state index contributed by atoms with van der Waals surface area (Å²) in [7, 11) is -3.18. The minimum atomic E-state index is -3.18. The Morgan fingerprint density at radius 2 is 2.00 bits per heavy atom. The van der Waals surface area contributed by atoms with Gasteiger partial charge in [-0.15, -0.1) is 0 Å². The summed E-state index contributed by atoms with van der Waals surface area (Å²) >= 11 is 6.07. The lowest BCUT2D eigenvalue weighted by Crippen LogP contribution is -2.42. The number of unbranched alkanes of at least 4 members (excludes halogenated alkanes) is 1. The van der Waals surface area contributed by atoms with Crippen molar-refractivity contribution in [2.24, 2.45) is 5.92 Å². The van der Waals surface area contributed by atoms with Crippen LogP contribution in [0.4, 0.5) is 5.69 Å². The third-order valence-electron chi connectivity index (χ3n) is 4.41. The minimum Gasteiger partial charge on any atom is -0.326 e. The van der Waals surface area contributed by atoms with Crippen LogP contribution < -0.4 is 5.32 Å². The summed E-state index contributed by atoms with van der Waals surface area (Å²) in [6.07, 6.45) is 2.64. The third kappa shape index (κ3) is 4.94. The van der Waals surface area contributed by atoms with Crippen molar-refractivity contribution in [1.82, 2.24) is 4.31 Å². The predicted molar refractivity (Wildman–Crippen MR) is 97.8 cm³/mol. The fourth-order valence-corrected chi connectivity index (χ4v) is 4.63. The Bertz CT molecular complexity index is 683. The highest BCUT2D eigenvalue weighted by molar-refractivity contribution is 7.89. The number of anilines is 1. The van der Waals surface area contributed by atoms with E-state index in [1.165, 1.54) is 4.31 Å². The summed E-state index contributed by atoms with van der Waals surface area (Å²) in [6, 6.07) is 5.42. The van der Waals surface area contributed by atoms with Gasteiger partial charge in [-0.2, -0.15) is 0 Å². The monoisotopic (exact) mass is 372 g/mol. The molecule has 1 saturated heterocycles. The summed E-state index contributed by atoms with van der Waals surface area (Å²) in [5, 5.41) is 3.49. The highest BCUT2D eigenvalue weighted by atomic mass is 35.5. The van der Waals surface area contributed by atoms with Gasteiger partial charge in [0.15, 0.2) is 0 Å². The minimum absolute atomic E-state index is 0.0690.